The van der Waals surface area contributed by atoms with Gasteiger partial charge in [-0.05, 0) is 12.8 Å². The minimum atomic E-state index is -4.12. The van der Waals surface area contributed by atoms with Gasteiger partial charge < -0.3 is 0 Å². The monoisotopic (exact) mass is 214 g/mol. The number of rotatable bonds is 1. The predicted molar refractivity (Wildman–Crippen MR) is 46.1 cm³/mol. The maximum Gasteiger partial charge on any atom is 0.274 e. The van der Waals surface area contributed by atoms with Gasteiger partial charge in [-0.3, -0.25) is 9.35 Å². The Morgan fingerprint density at radius 2 is 1.92 bits per heavy atom. The molecular formula is C6H11ClO4S. The van der Waals surface area contributed by atoms with Crippen LogP contribution in [0.5, 0.6) is 0 Å². The number of halogens is 1. The molecule has 0 saturated heterocycles. The molecule has 1 rings (SSSR count). The molecule has 0 radical (unpaired) electrons. The Balaban J connectivity index is 0.00000121. The molecule has 72 valence electrons. The van der Waals surface area contributed by atoms with Gasteiger partial charge in [0, 0.05) is 6.42 Å². The van der Waals surface area contributed by atoms with E-state index in [1.807, 2.05) is 0 Å². The molecule has 1 saturated carbocycles. The second-order valence-electron chi connectivity index (χ2n) is 2.72. The Hall–Kier alpha value is -0.130. The van der Waals surface area contributed by atoms with E-state index < -0.39 is 15.4 Å². The minimum Gasteiger partial charge on any atom is -0.298 e. The van der Waals surface area contributed by atoms with E-state index >= 15 is 0 Å². The van der Waals surface area contributed by atoms with Crippen LogP contribution in [-0.2, 0) is 14.9 Å². The Morgan fingerprint density at radius 1 is 1.33 bits per heavy atom. The molecule has 0 amide bonds. The third kappa shape index (κ3) is 2.73. The van der Waals surface area contributed by atoms with Crippen LogP contribution in [0.1, 0.15) is 25.7 Å². The van der Waals surface area contributed by atoms with E-state index in [-0.39, 0.29) is 31.0 Å². The molecule has 1 aliphatic rings. The molecular weight excluding hydrogens is 204 g/mol. The summed E-state index contributed by atoms with van der Waals surface area (Å²) in [4.78, 5) is 10.9. The van der Waals surface area contributed by atoms with Crippen molar-refractivity contribution in [2.45, 2.75) is 30.9 Å². The van der Waals surface area contributed by atoms with Crippen molar-refractivity contribution in [3.05, 3.63) is 0 Å². The van der Waals surface area contributed by atoms with Crippen molar-refractivity contribution in [2.75, 3.05) is 0 Å². The molecule has 12 heavy (non-hydrogen) atoms. The molecule has 1 N–H and O–H groups in total. The number of carbonyl (C=O) groups excluding carboxylic acids is 1. The molecule has 4 nitrogen and oxygen atoms in total. The van der Waals surface area contributed by atoms with Crippen molar-refractivity contribution in [1.29, 1.82) is 0 Å². The quantitative estimate of drug-likeness (QED) is 0.656. The summed E-state index contributed by atoms with van der Waals surface area (Å²) in [5.41, 5.74) is 0. The maximum atomic E-state index is 10.9. The van der Waals surface area contributed by atoms with Crippen LogP contribution >= 0.6 is 12.4 Å². The highest BCUT2D eigenvalue weighted by Gasteiger charge is 2.32. The highest BCUT2D eigenvalue weighted by Crippen LogP contribution is 2.19. The van der Waals surface area contributed by atoms with Crippen LogP contribution < -0.4 is 0 Å². The molecule has 0 spiro atoms. The van der Waals surface area contributed by atoms with E-state index in [9.17, 15) is 13.2 Å². The van der Waals surface area contributed by atoms with Gasteiger partial charge in [0.2, 0.25) is 0 Å². The van der Waals surface area contributed by atoms with E-state index in [2.05, 4.69) is 0 Å². The molecule has 0 aromatic heterocycles. The standard InChI is InChI=1S/C6H10O4S.ClH/c7-5-3-1-2-4-6(5)11(8,9)10;/h6H,1-4H2,(H,8,9,10);1H. The molecule has 6 heteroatoms. The summed E-state index contributed by atoms with van der Waals surface area (Å²) in [6.07, 6.45) is 2.00. The zero-order valence-corrected chi connectivity index (χ0v) is 8.03. The van der Waals surface area contributed by atoms with Gasteiger partial charge in [-0.2, -0.15) is 8.42 Å². The predicted octanol–water partition coefficient (Wildman–Crippen LogP) is 0.808. The summed E-state index contributed by atoms with van der Waals surface area (Å²) >= 11 is 0. The highest BCUT2D eigenvalue weighted by atomic mass is 35.5. The van der Waals surface area contributed by atoms with Crippen LogP contribution in [0, 0.1) is 0 Å². The molecule has 0 aromatic rings. The molecule has 1 unspecified atom stereocenters. The summed E-state index contributed by atoms with van der Waals surface area (Å²) in [6.45, 7) is 0. The van der Waals surface area contributed by atoms with Crippen LogP contribution in [0.15, 0.2) is 0 Å². The lowest BCUT2D eigenvalue weighted by atomic mass is 9.99. The van der Waals surface area contributed by atoms with Gasteiger partial charge in [0.05, 0.1) is 0 Å². The second kappa shape index (κ2) is 4.20. The lowest BCUT2D eigenvalue weighted by molar-refractivity contribution is -0.119. The Labute approximate surface area is 77.5 Å². The van der Waals surface area contributed by atoms with Gasteiger partial charge >= 0.3 is 0 Å². The second-order valence-corrected chi connectivity index (χ2v) is 4.31. The smallest absolute Gasteiger partial charge is 0.274 e. The number of hydrogen-bond donors (Lipinski definition) is 1. The molecule has 0 aliphatic heterocycles. The normalized spacial score (nSPS) is 24.8. The van der Waals surface area contributed by atoms with E-state index in [1.54, 1.807) is 0 Å². The molecule has 1 aliphatic carbocycles. The number of hydrogen-bond acceptors (Lipinski definition) is 3. The topological polar surface area (TPSA) is 71.4 Å². The first-order valence-electron chi connectivity index (χ1n) is 3.51. The van der Waals surface area contributed by atoms with E-state index in [4.69, 9.17) is 4.55 Å². The van der Waals surface area contributed by atoms with Crippen LogP contribution in [0.2, 0.25) is 0 Å². The Morgan fingerprint density at radius 3 is 2.25 bits per heavy atom. The minimum absolute atomic E-state index is 0. The van der Waals surface area contributed by atoms with Crippen molar-refractivity contribution in [3.8, 4) is 0 Å². The van der Waals surface area contributed by atoms with Gasteiger partial charge in [0.25, 0.3) is 10.1 Å². The van der Waals surface area contributed by atoms with Crippen molar-refractivity contribution in [1.82, 2.24) is 0 Å². The van der Waals surface area contributed by atoms with Crippen LogP contribution in [0.4, 0.5) is 0 Å². The summed E-state index contributed by atoms with van der Waals surface area (Å²) in [7, 11) is -4.12. The van der Waals surface area contributed by atoms with Crippen LogP contribution in [0.3, 0.4) is 0 Å². The third-order valence-electron chi connectivity index (χ3n) is 1.86. The Bertz CT molecular complexity index is 259. The lowest BCUT2D eigenvalue weighted by Crippen LogP contribution is -2.32. The highest BCUT2D eigenvalue weighted by molar-refractivity contribution is 7.87. The first-order valence-corrected chi connectivity index (χ1v) is 5.01. The van der Waals surface area contributed by atoms with Gasteiger partial charge in [0.15, 0.2) is 5.78 Å². The van der Waals surface area contributed by atoms with Gasteiger partial charge in [-0.15, -0.1) is 12.4 Å². The van der Waals surface area contributed by atoms with E-state index in [1.165, 1.54) is 0 Å². The number of ketones is 1. The number of Topliss-reactive ketones (excluding diaryl/α,β-unsaturated/α-hetero) is 1. The first kappa shape index (κ1) is 11.9. The molecule has 1 atom stereocenters. The fraction of sp³-hybridized carbons (Fsp3) is 0.833. The van der Waals surface area contributed by atoms with Crippen molar-refractivity contribution < 1.29 is 17.8 Å². The van der Waals surface area contributed by atoms with Gasteiger partial charge in [-0.1, -0.05) is 6.42 Å². The summed E-state index contributed by atoms with van der Waals surface area (Å²) in [6, 6.07) is 0. The average molecular weight is 215 g/mol. The molecule has 0 aromatic carbocycles. The van der Waals surface area contributed by atoms with Crippen LogP contribution in [0.25, 0.3) is 0 Å². The van der Waals surface area contributed by atoms with Crippen molar-refractivity contribution in [2.24, 2.45) is 0 Å². The zero-order valence-electron chi connectivity index (χ0n) is 6.39. The van der Waals surface area contributed by atoms with Gasteiger partial charge in [0.1, 0.15) is 5.25 Å². The SMILES string of the molecule is Cl.O=C1CCCCC1S(=O)(=O)O. The van der Waals surface area contributed by atoms with E-state index in [0.717, 1.165) is 6.42 Å². The maximum absolute atomic E-state index is 10.9. The fourth-order valence-electron chi connectivity index (χ4n) is 1.27. The Kier molecular flexibility index (Phi) is 4.16. The zero-order chi connectivity index (χ0) is 8.48. The molecule has 1 fully saturated rings. The molecule has 0 bridgehead atoms. The number of carbonyl (C=O) groups is 1. The lowest BCUT2D eigenvalue weighted by Gasteiger charge is -2.16. The van der Waals surface area contributed by atoms with E-state index in [0.29, 0.717) is 6.42 Å². The summed E-state index contributed by atoms with van der Waals surface area (Å²) in [5.74, 6) is -0.348. The third-order valence-corrected chi connectivity index (χ3v) is 3.08. The average Bonchev–Trinajstić information content (AvgIpc) is 1.86. The largest absolute Gasteiger partial charge is 0.298 e. The fourth-order valence-corrected chi connectivity index (χ4v) is 2.18. The summed E-state index contributed by atoms with van der Waals surface area (Å²) < 4.78 is 29.6. The van der Waals surface area contributed by atoms with Crippen molar-refractivity contribution >= 4 is 28.3 Å². The van der Waals surface area contributed by atoms with Crippen LogP contribution in [-0.4, -0.2) is 24.0 Å². The van der Waals surface area contributed by atoms with Gasteiger partial charge in [-0.25, -0.2) is 0 Å². The van der Waals surface area contributed by atoms with Crippen molar-refractivity contribution in [3.63, 3.8) is 0 Å². The first-order chi connectivity index (χ1) is 5.02. The summed E-state index contributed by atoms with van der Waals surface area (Å²) in [5, 5.41) is -1.14. The molecule has 0 heterocycles.